The summed E-state index contributed by atoms with van der Waals surface area (Å²) in [5, 5.41) is 8.42. The Bertz CT molecular complexity index is 699. The van der Waals surface area contributed by atoms with Crippen molar-refractivity contribution >= 4 is 42.4 Å². The van der Waals surface area contributed by atoms with E-state index in [2.05, 4.69) is 30.8 Å². The van der Waals surface area contributed by atoms with E-state index in [-0.39, 0.29) is 16.6 Å². The van der Waals surface area contributed by atoms with Gasteiger partial charge in [0, 0.05) is 11.0 Å². The average Bonchev–Trinajstić information content (AvgIpc) is 2.74. The highest BCUT2D eigenvalue weighted by Gasteiger charge is 2.19. The zero-order valence-corrected chi connectivity index (χ0v) is 13.1. The van der Waals surface area contributed by atoms with Crippen LogP contribution in [0.3, 0.4) is 0 Å². The predicted molar refractivity (Wildman–Crippen MR) is 77.5 cm³/mol. The second kappa shape index (κ2) is 5.53. The molecule has 0 fully saturated rings. The molecule has 0 bridgehead atoms. The summed E-state index contributed by atoms with van der Waals surface area (Å²) in [5.74, 6) is 0. The number of hydrogen-bond acceptors (Lipinski definition) is 6. The number of rotatable bonds is 4. The highest BCUT2D eigenvalue weighted by Crippen LogP contribution is 2.26. The zero-order chi connectivity index (χ0) is 14.0. The number of nitrogens with two attached hydrogens (primary N) is 1. The first kappa shape index (κ1) is 14.4. The van der Waals surface area contributed by atoms with Crippen LogP contribution in [0.4, 0.5) is 5.13 Å². The molecule has 0 saturated carbocycles. The highest BCUT2D eigenvalue weighted by atomic mass is 79.9. The van der Waals surface area contributed by atoms with Crippen molar-refractivity contribution in [1.82, 2.24) is 10.2 Å². The minimum Gasteiger partial charge on any atom is -0.326 e. The largest absolute Gasteiger partial charge is 0.326 e. The molecule has 2 rings (SSSR count). The lowest BCUT2D eigenvalue weighted by Crippen LogP contribution is -2.14. The van der Waals surface area contributed by atoms with Crippen LogP contribution in [-0.4, -0.2) is 18.6 Å². The fourth-order valence-corrected chi connectivity index (χ4v) is 4.23. The SMILES string of the molecule is Cc1nnc(NS(=O)(=O)c2cc(CN)ccc2Br)s1. The first-order valence-electron chi connectivity index (χ1n) is 5.24. The maximum atomic E-state index is 12.3. The molecule has 9 heteroatoms. The zero-order valence-electron chi connectivity index (χ0n) is 9.92. The number of aryl methyl sites for hydroxylation is 1. The highest BCUT2D eigenvalue weighted by molar-refractivity contribution is 9.10. The molecular weight excluding hydrogens is 352 g/mol. The van der Waals surface area contributed by atoms with Gasteiger partial charge in [0.2, 0.25) is 5.13 Å². The Morgan fingerprint density at radius 1 is 1.42 bits per heavy atom. The lowest BCUT2D eigenvalue weighted by Gasteiger charge is -2.08. The Hall–Kier alpha value is -1.03. The molecule has 0 spiro atoms. The van der Waals surface area contributed by atoms with Crippen molar-refractivity contribution in [3.63, 3.8) is 0 Å². The number of anilines is 1. The molecule has 0 aliphatic heterocycles. The molecule has 19 heavy (non-hydrogen) atoms. The molecule has 0 saturated heterocycles. The number of sulfonamides is 1. The van der Waals surface area contributed by atoms with Crippen molar-refractivity contribution in [1.29, 1.82) is 0 Å². The van der Waals surface area contributed by atoms with Crippen molar-refractivity contribution in [3.05, 3.63) is 33.2 Å². The van der Waals surface area contributed by atoms with Gasteiger partial charge in [0.05, 0.1) is 0 Å². The predicted octanol–water partition coefficient (Wildman–Crippen LogP) is 1.87. The van der Waals surface area contributed by atoms with E-state index in [0.717, 1.165) is 5.56 Å². The van der Waals surface area contributed by atoms with Gasteiger partial charge in [0.15, 0.2) is 0 Å². The van der Waals surface area contributed by atoms with Crippen LogP contribution in [0, 0.1) is 6.92 Å². The second-order valence-corrected chi connectivity index (χ2v) is 7.39. The van der Waals surface area contributed by atoms with E-state index in [9.17, 15) is 8.42 Å². The molecule has 0 aliphatic rings. The van der Waals surface area contributed by atoms with Gasteiger partial charge in [-0.05, 0) is 40.5 Å². The van der Waals surface area contributed by atoms with Gasteiger partial charge in [0.25, 0.3) is 10.0 Å². The van der Waals surface area contributed by atoms with Crippen molar-refractivity contribution in [3.8, 4) is 0 Å². The van der Waals surface area contributed by atoms with Gasteiger partial charge < -0.3 is 5.73 Å². The Kier molecular flexibility index (Phi) is 4.19. The van der Waals surface area contributed by atoms with Crippen LogP contribution in [0.25, 0.3) is 0 Å². The fraction of sp³-hybridized carbons (Fsp3) is 0.200. The van der Waals surface area contributed by atoms with E-state index in [1.807, 2.05) is 0 Å². The van der Waals surface area contributed by atoms with Crippen LogP contribution in [0.15, 0.2) is 27.6 Å². The molecule has 3 N–H and O–H groups in total. The topological polar surface area (TPSA) is 98.0 Å². The summed E-state index contributed by atoms with van der Waals surface area (Å²) in [7, 11) is -3.71. The molecule has 0 aliphatic carbocycles. The van der Waals surface area contributed by atoms with Crippen molar-refractivity contribution in [2.24, 2.45) is 5.73 Å². The molecule has 1 aromatic carbocycles. The van der Waals surface area contributed by atoms with Gasteiger partial charge in [-0.1, -0.05) is 17.4 Å². The molecule has 0 amide bonds. The van der Waals surface area contributed by atoms with Crippen LogP contribution in [0.5, 0.6) is 0 Å². The van der Waals surface area contributed by atoms with Crippen LogP contribution in [-0.2, 0) is 16.6 Å². The Morgan fingerprint density at radius 3 is 2.74 bits per heavy atom. The van der Waals surface area contributed by atoms with Crippen molar-refractivity contribution in [2.75, 3.05) is 4.72 Å². The Morgan fingerprint density at radius 2 is 2.16 bits per heavy atom. The summed E-state index contributed by atoms with van der Waals surface area (Å²) in [6, 6.07) is 4.95. The van der Waals surface area contributed by atoms with E-state index in [1.165, 1.54) is 17.4 Å². The third-order valence-corrected chi connectivity index (χ3v) is 5.48. The normalized spacial score (nSPS) is 11.5. The van der Waals surface area contributed by atoms with Gasteiger partial charge in [-0.2, -0.15) is 0 Å². The Balaban J connectivity index is 2.39. The molecule has 102 valence electrons. The molecule has 0 atom stereocenters. The van der Waals surface area contributed by atoms with E-state index in [1.54, 1.807) is 19.1 Å². The van der Waals surface area contributed by atoms with E-state index >= 15 is 0 Å². The maximum Gasteiger partial charge on any atom is 0.264 e. The minimum atomic E-state index is -3.71. The molecule has 2 aromatic rings. The second-order valence-electron chi connectivity index (χ2n) is 3.70. The number of nitrogens with zero attached hydrogens (tertiary/aromatic N) is 2. The van der Waals surface area contributed by atoms with Gasteiger partial charge in [0.1, 0.15) is 9.90 Å². The summed E-state index contributed by atoms with van der Waals surface area (Å²) in [5.41, 5.74) is 6.25. The number of nitrogens with one attached hydrogen (secondary N) is 1. The lowest BCUT2D eigenvalue weighted by molar-refractivity contribution is 0.600. The number of aromatic nitrogens is 2. The first-order valence-corrected chi connectivity index (χ1v) is 8.33. The van der Waals surface area contributed by atoms with Crippen molar-refractivity contribution in [2.45, 2.75) is 18.4 Å². The average molecular weight is 363 g/mol. The van der Waals surface area contributed by atoms with Gasteiger partial charge >= 0.3 is 0 Å². The maximum absolute atomic E-state index is 12.3. The minimum absolute atomic E-state index is 0.128. The quantitative estimate of drug-likeness (QED) is 0.864. The van der Waals surface area contributed by atoms with E-state index in [4.69, 9.17) is 5.73 Å². The number of hydrogen-bond donors (Lipinski definition) is 2. The van der Waals surface area contributed by atoms with E-state index < -0.39 is 10.0 Å². The monoisotopic (exact) mass is 362 g/mol. The van der Waals surface area contributed by atoms with Gasteiger partial charge in [-0.15, -0.1) is 10.2 Å². The van der Waals surface area contributed by atoms with E-state index in [0.29, 0.717) is 9.48 Å². The van der Waals surface area contributed by atoms with Crippen LogP contribution >= 0.6 is 27.3 Å². The smallest absolute Gasteiger partial charge is 0.264 e. The molecule has 0 unspecified atom stereocenters. The number of benzene rings is 1. The fourth-order valence-electron chi connectivity index (χ4n) is 1.39. The van der Waals surface area contributed by atoms with Crippen LogP contribution in [0.2, 0.25) is 0 Å². The molecule has 6 nitrogen and oxygen atoms in total. The standard InChI is InChI=1S/C10H11BrN4O2S2/c1-6-13-14-10(18-6)15-19(16,17)9-4-7(5-12)2-3-8(9)11/h2-4H,5,12H2,1H3,(H,14,15). The number of halogens is 1. The molecule has 1 heterocycles. The summed E-state index contributed by atoms with van der Waals surface area (Å²) in [6.07, 6.45) is 0. The summed E-state index contributed by atoms with van der Waals surface area (Å²) < 4.78 is 27.4. The van der Waals surface area contributed by atoms with Crippen molar-refractivity contribution < 1.29 is 8.42 Å². The first-order chi connectivity index (χ1) is 8.92. The van der Waals surface area contributed by atoms with Gasteiger partial charge in [-0.3, -0.25) is 4.72 Å². The summed E-state index contributed by atoms with van der Waals surface area (Å²) in [4.78, 5) is 0.128. The van der Waals surface area contributed by atoms with Crippen LogP contribution in [0.1, 0.15) is 10.6 Å². The Labute approximate surface area is 123 Å². The molecular formula is C10H11BrN4O2S2. The van der Waals surface area contributed by atoms with Crippen LogP contribution < -0.4 is 10.5 Å². The molecule has 1 aromatic heterocycles. The summed E-state index contributed by atoms with van der Waals surface area (Å²) in [6.45, 7) is 2.02. The summed E-state index contributed by atoms with van der Waals surface area (Å²) >= 11 is 4.39. The lowest BCUT2D eigenvalue weighted by atomic mass is 10.2. The third-order valence-electron chi connectivity index (χ3n) is 2.27. The third kappa shape index (κ3) is 3.30. The van der Waals surface area contributed by atoms with Gasteiger partial charge in [-0.25, -0.2) is 8.42 Å². The molecule has 0 radical (unpaired) electrons.